The highest BCUT2D eigenvalue weighted by atomic mass is 35.5. The molecule has 0 radical (unpaired) electrons. The second kappa shape index (κ2) is 7.29. The molecule has 2 aliphatic heterocycles. The van der Waals surface area contributed by atoms with Crippen LogP contribution < -0.4 is 19.7 Å². The molecular weight excluding hydrogens is 391 g/mol. The number of hydrogen-bond acceptors (Lipinski definition) is 4. The van der Waals surface area contributed by atoms with Gasteiger partial charge in [-0.25, -0.2) is 0 Å². The predicted molar refractivity (Wildman–Crippen MR) is 103 cm³/mol. The number of halogens is 2. The van der Waals surface area contributed by atoms with Gasteiger partial charge < -0.3 is 19.7 Å². The number of ether oxygens (including phenoxy) is 2. The lowest BCUT2D eigenvalue weighted by molar-refractivity contribution is -0.122. The van der Waals surface area contributed by atoms with E-state index in [2.05, 4.69) is 5.32 Å². The molecule has 27 heavy (non-hydrogen) atoms. The monoisotopic (exact) mass is 406 g/mol. The summed E-state index contributed by atoms with van der Waals surface area (Å²) < 4.78 is 11.1. The lowest BCUT2D eigenvalue weighted by Crippen LogP contribution is -2.28. The number of anilines is 2. The van der Waals surface area contributed by atoms with Crippen LogP contribution in [0.3, 0.4) is 0 Å². The fraction of sp³-hybridized carbons (Fsp3) is 0.263. The third kappa shape index (κ3) is 3.82. The Morgan fingerprint density at radius 3 is 2.48 bits per heavy atom. The number of amides is 2. The van der Waals surface area contributed by atoms with Crippen LogP contribution in [0.2, 0.25) is 10.0 Å². The van der Waals surface area contributed by atoms with E-state index in [9.17, 15) is 9.59 Å². The summed E-state index contributed by atoms with van der Waals surface area (Å²) in [5, 5.41) is 3.63. The zero-order valence-electron chi connectivity index (χ0n) is 14.2. The summed E-state index contributed by atoms with van der Waals surface area (Å²) >= 11 is 11.9. The third-order valence-corrected chi connectivity index (χ3v) is 4.90. The number of carbonyl (C=O) groups excluding carboxylic acids is 2. The number of hydrogen-bond donors (Lipinski definition) is 1. The van der Waals surface area contributed by atoms with Crippen LogP contribution >= 0.6 is 23.2 Å². The maximum Gasteiger partial charge on any atom is 0.229 e. The highest BCUT2D eigenvalue weighted by Gasteiger charge is 2.35. The molecule has 0 spiro atoms. The van der Waals surface area contributed by atoms with Crippen molar-refractivity contribution in [2.45, 2.75) is 6.42 Å². The molecule has 0 bridgehead atoms. The number of nitrogens with one attached hydrogen (secondary N) is 1. The van der Waals surface area contributed by atoms with Crippen LogP contribution in [0.1, 0.15) is 6.42 Å². The second-order valence-electron chi connectivity index (χ2n) is 6.38. The Morgan fingerprint density at radius 2 is 1.74 bits per heavy atom. The lowest BCUT2D eigenvalue weighted by Gasteiger charge is -2.22. The van der Waals surface area contributed by atoms with Crippen LogP contribution in [0.25, 0.3) is 0 Å². The summed E-state index contributed by atoms with van der Waals surface area (Å²) in [5.74, 6) is 0.429. The van der Waals surface area contributed by atoms with Gasteiger partial charge in [-0.15, -0.1) is 0 Å². The standard InChI is InChI=1S/C19H16Cl2N2O4/c20-12-6-13(21)8-14(7-12)22-19(25)11-5-18(24)23(10-11)15-1-2-16-17(9-15)27-4-3-26-16/h1-2,6-9,11H,3-5,10H2,(H,22,25). The van der Waals surface area contributed by atoms with Crippen molar-refractivity contribution >= 4 is 46.4 Å². The molecule has 1 atom stereocenters. The van der Waals surface area contributed by atoms with Gasteiger partial charge in [0.05, 0.1) is 5.92 Å². The van der Waals surface area contributed by atoms with Gasteiger partial charge in [0.15, 0.2) is 11.5 Å². The summed E-state index contributed by atoms with van der Waals surface area (Å²) in [6.07, 6.45) is 0.134. The number of fused-ring (bicyclic) bond motifs is 1. The van der Waals surface area contributed by atoms with Gasteiger partial charge in [0.2, 0.25) is 11.8 Å². The van der Waals surface area contributed by atoms with E-state index in [0.29, 0.717) is 52.7 Å². The number of nitrogens with zero attached hydrogens (tertiary/aromatic N) is 1. The molecule has 1 saturated heterocycles. The first-order valence-electron chi connectivity index (χ1n) is 8.46. The molecule has 1 N–H and O–H groups in total. The van der Waals surface area contributed by atoms with E-state index in [1.165, 1.54) is 0 Å². The van der Waals surface area contributed by atoms with Crippen molar-refractivity contribution < 1.29 is 19.1 Å². The minimum atomic E-state index is -0.469. The van der Waals surface area contributed by atoms with Crippen molar-refractivity contribution in [2.75, 3.05) is 30.0 Å². The van der Waals surface area contributed by atoms with E-state index >= 15 is 0 Å². The fourth-order valence-electron chi connectivity index (χ4n) is 3.20. The van der Waals surface area contributed by atoms with Crippen LogP contribution in [-0.4, -0.2) is 31.6 Å². The Morgan fingerprint density at radius 1 is 1.04 bits per heavy atom. The van der Waals surface area contributed by atoms with Gasteiger partial charge in [-0.3, -0.25) is 9.59 Å². The van der Waals surface area contributed by atoms with Crippen LogP contribution in [0, 0.1) is 5.92 Å². The Bertz CT molecular complexity index is 898. The van der Waals surface area contributed by atoms with Gasteiger partial charge in [-0.1, -0.05) is 23.2 Å². The summed E-state index contributed by atoms with van der Waals surface area (Å²) in [4.78, 5) is 26.6. The van der Waals surface area contributed by atoms with Crippen LogP contribution in [0.5, 0.6) is 11.5 Å². The minimum absolute atomic E-state index is 0.115. The molecule has 1 unspecified atom stereocenters. The van der Waals surface area contributed by atoms with E-state index in [1.54, 1.807) is 41.3 Å². The van der Waals surface area contributed by atoms with E-state index < -0.39 is 5.92 Å². The topological polar surface area (TPSA) is 67.9 Å². The molecule has 2 aromatic carbocycles. The minimum Gasteiger partial charge on any atom is -0.486 e. The molecule has 2 aromatic rings. The van der Waals surface area contributed by atoms with Crippen molar-refractivity contribution in [3.8, 4) is 11.5 Å². The molecule has 8 heteroatoms. The molecule has 2 heterocycles. The maximum absolute atomic E-state index is 12.6. The predicted octanol–water partition coefficient (Wildman–Crippen LogP) is 3.76. The second-order valence-corrected chi connectivity index (χ2v) is 7.25. The summed E-state index contributed by atoms with van der Waals surface area (Å²) in [7, 11) is 0. The molecular formula is C19H16Cl2N2O4. The van der Waals surface area contributed by atoms with E-state index in [0.717, 1.165) is 0 Å². The molecule has 6 nitrogen and oxygen atoms in total. The molecule has 0 saturated carbocycles. The van der Waals surface area contributed by atoms with Gasteiger partial charge in [0.1, 0.15) is 13.2 Å². The first kappa shape index (κ1) is 17.9. The highest BCUT2D eigenvalue weighted by molar-refractivity contribution is 6.35. The average molecular weight is 407 g/mol. The van der Waals surface area contributed by atoms with Crippen LogP contribution in [-0.2, 0) is 9.59 Å². The van der Waals surface area contributed by atoms with Crippen molar-refractivity contribution in [3.05, 3.63) is 46.4 Å². The van der Waals surface area contributed by atoms with E-state index in [-0.39, 0.29) is 18.2 Å². The molecule has 2 aliphatic rings. The van der Waals surface area contributed by atoms with Gasteiger partial charge in [0.25, 0.3) is 0 Å². The molecule has 140 valence electrons. The molecule has 4 rings (SSSR count). The summed E-state index contributed by atoms with van der Waals surface area (Å²) in [5.41, 5.74) is 1.19. The lowest BCUT2D eigenvalue weighted by atomic mass is 10.1. The molecule has 0 aromatic heterocycles. The van der Waals surface area contributed by atoms with E-state index in [1.807, 2.05) is 0 Å². The Hall–Kier alpha value is -2.44. The Balaban J connectivity index is 1.48. The average Bonchev–Trinajstić information content (AvgIpc) is 3.02. The highest BCUT2D eigenvalue weighted by Crippen LogP contribution is 2.36. The summed E-state index contributed by atoms with van der Waals surface area (Å²) in [6.45, 7) is 1.26. The molecule has 1 fully saturated rings. The zero-order chi connectivity index (χ0) is 19.0. The smallest absolute Gasteiger partial charge is 0.229 e. The van der Waals surface area contributed by atoms with Gasteiger partial charge in [-0.2, -0.15) is 0 Å². The van der Waals surface area contributed by atoms with Crippen LogP contribution in [0.15, 0.2) is 36.4 Å². The van der Waals surface area contributed by atoms with Crippen molar-refractivity contribution in [3.63, 3.8) is 0 Å². The Kier molecular flexibility index (Phi) is 4.85. The normalized spacial score (nSPS) is 18.5. The zero-order valence-corrected chi connectivity index (χ0v) is 15.7. The first-order chi connectivity index (χ1) is 13.0. The molecule has 0 aliphatic carbocycles. The third-order valence-electron chi connectivity index (χ3n) is 4.46. The van der Waals surface area contributed by atoms with Gasteiger partial charge in [0, 0.05) is 40.5 Å². The SMILES string of the molecule is O=C(Nc1cc(Cl)cc(Cl)c1)C1CC(=O)N(c2ccc3c(c2)OCCO3)C1. The van der Waals surface area contributed by atoms with Crippen molar-refractivity contribution in [2.24, 2.45) is 5.92 Å². The fourth-order valence-corrected chi connectivity index (χ4v) is 3.73. The van der Waals surface area contributed by atoms with Crippen molar-refractivity contribution in [1.29, 1.82) is 0 Å². The largest absolute Gasteiger partial charge is 0.486 e. The van der Waals surface area contributed by atoms with Crippen LogP contribution in [0.4, 0.5) is 11.4 Å². The first-order valence-corrected chi connectivity index (χ1v) is 9.22. The number of rotatable bonds is 3. The summed E-state index contributed by atoms with van der Waals surface area (Å²) in [6, 6.07) is 10.1. The maximum atomic E-state index is 12.6. The number of benzene rings is 2. The Labute approximate surface area is 165 Å². The molecule has 2 amide bonds. The number of carbonyl (C=O) groups is 2. The van der Waals surface area contributed by atoms with E-state index in [4.69, 9.17) is 32.7 Å². The quantitative estimate of drug-likeness (QED) is 0.842. The van der Waals surface area contributed by atoms with Crippen molar-refractivity contribution in [1.82, 2.24) is 0 Å². The van der Waals surface area contributed by atoms with Gasteiger partial charge in [-0.05, 0) is 30.3 Å². The van der Waals surface area contributed by atoms with Gasteiger partial charge >= 0.3 is 0 Å².